The van der Waals surface area contributed by atoms with Gasteiger partial charge in [-0.15, -0.1) is 0 Å². The van der Waals surface area contributed by atoms with E-state index in [2.05, 4.69) is 15.8 Å². The van der Waals surface area contributed by atoms with E-state index in [9.17, 15) is 9.90 Å². The number of benzene rings is 2. The molecular formula is C19H23N3O2. The number of nitrogens with zero attached hydrogens (tertiary/aromatic N) is 1. The summed E-state index contributed by atoms with van der Waals surface area (Å²) in [6, 6.07) is 9.59. The molecule has 0 aromatic heterocycles. The van der Waals surface area contributed by atoms with Crippen LogP contribution in [0.2, 0.25) is 0 Å². The molecule has 2 aromatic carbocycles. The standard InChI is InChI=1S/C19H23N3O2/c1-12-5-6-17(9-13(12)2)20-11-18(23)22-21-10-16-7-14(3)19(24)15(4)8-16/h5-10,20,24H,11H2,1-4H3,(H,22,23)/b21-10+. The van der Waals surface area contributed by atoms with Gasteiger partial charge < -0.3 is 10.4 Å². The lowest BCUT2D eigenvalue weighted by molar-refractivity contribution is -0.119. The van der Waals surface area contributed by atoms with Gasteiger partial charge in [-0.2, -0.15) is 5.10 Å². The third kappa shape index (κ3) is 4.59. The first-order valence-electron chi connectivity index (χ1n) is 7.80. The number of rotatable bonds is 5. The van der Waals surface area contributed by atoms with Crippen LogP contribution in [0.15, 0.2) is 35.4 Å². The second-order valence-corrected chi connectivity index (χ2v) is 5.95. The van der Waals surface area contributed by atoms with E-state index in [1.54, 1.807) is 6.21 Å². The Balaban J connectivity index is 1.87. The molecule has 0 saturated carbocycles. The molecule has 0 fully saturated rings. The van der Waals surface area contributed by atoms with Crippen LogP contribution in [0, 0.1) is 27.7 Å². The summed E-state index contributed by atoms with van der Waals surface area (Å²) in [5.74, 6) is 0.0606. The van der Waals surface area contributed by atoms with Gasteiger partial charge in [-0.3, -0.25) is 4.79 Å². The minimum atomic E-state index is -0.225. The lowest BCUT2D eigenvalue weighted by Crippen LogP contribution is -2.25. The first-order valence-corrected chi connectivity index (χ1v) is 7.80. The molecule has 0 saturated heterocycles. The van der Waals surface area contributed by atoms with Gasteiger partial charge in [-0.05, 0) is 79.8 Å². The van der Waals surface area contributed by atoms with E-state index < -0.39 is 0 Å². The molecule has 0 spiro atoms. The Morgan fingerprint density at radius 3 is 2.33 bits per heavy atom. The van der Waals surface area contributed by atoms with E-state index in [0.717, 1.165) is 22.4 Å². The van der Waals surface area contributed by atoms with E-state index >= 15 is 0 Å². The summed E-state index contributed by atoms with van der Waals surface area (Å²) >= 11 is 0. The monoisotopic (exact) mass is 325 g/mol. The number of hydrazone groups is 1. The number of nitrogens with one attached hydrogen (secondary N) is 2. The van der Waals surface area contributed by atoms with Crippen molar-refractivity contribution in [1.82, 2.24) is 5.43 Å². The Bertz CT molecular complexity index is 759. The highest BCUT2D eigenvalue weighted by molar-refractivity contribution is 5.84. The predicted molar refractivity (Wildman–Crippen MR) is 97.7 cm³/mol. The Labute approximate surface area is 142 Å². The SMILES string of the molecule is Cc1ccc(NCC(=O)N/N=C/c2cc(C)c(O)c(C)c2)cc1C. The van der Waals surface area contributed by atoms with Crippen molar-refractivity contribution in [2.45, 2.75) is 27.7 Å². The first-order chi connectivity index (χ1) is 11.4. The molecule has 0 atom stereocenters. The maximum atomic E-state index is 11.8. The van der Waals surface area contributed by atoms with Gasteiger partial charge in [0.1, 0.15) is 5.75 Å². The van der Waals surface area contributed by atoms with Gasteiger partial charge in [0.05, 0.1) is 12.8 Å². The summed E-state index contributed by atoms with van der Waals surface area (Å²) in [4.78, 5) is 11.8. The molecule has 24 heavy (non-hydrogen) atoms. The van der Waals surface area contributed by atoms with E-state index in [-0.39, 0.29) is 18.2 Å². The van der Waals surface area contributed by atoms with Crippen molar-refractivity contribution in [2.75, 3.05) is 11.9 Å². The minimum absolute atomic E-state index is 0.146. The van der Waals surface area contributed by atoms with Crippen molar-refractivity contribution < 1.29 is 9.90 Å². The third-order valence-corrected chi connectivity index (χ3v) is 3.88. The van der Waals surface area contributed by atoms with Gasteiger partial charge in [-0.1, -0.05) is 6.07 Å². The normalized spacial score (nSPS) is 10.8. The van der Waals surface area contributed by atoms with Crippen LogP contribution < -0.4 is 10.7 Å². The second kappa shape index (κ2) is 7.64. The molecule has 0 aliphatic carbocycles. The number of phenolic OH excluding ortho intramolecular Hbond substituents is 1. The summed E-state index contributed by atoms with van der Waals surface area (Å²) in [7, 11) is 0. The molecule has 1 amide bonds. The average molecular weight is 325 g/mol. The maximum Gasteiger partial charge on any atom is 0.259 e. The zero-order valence-electron chi connectivity index (χ0n) is 14.5. The van der Waals surface area contributed by atoms with Crippen LogP contribution in [-0.4, -0.2) is 23.8 Å². The van der Waals surface area contributed by atoms with Crippen LogP contribution in [0.3, 0.4) is 0 Å². The molecule has 0 unspecified atom stereocenters. The second-order valence-electron chi connectivity index (χ2n) is 5.95. The number of aryl methyl sites for hydroxylation is 4. The average Bonchev–Trinajstić information content (AvgIpc) is 2.53. The molecule has 0 aliphatic rings. The number of carbonyl (C=O) groups excluding carboxylic acids is 1. The minimum Gasteiger partial charge on any atom is -0.507 e. The lowest BCUT2D eigenvalue weighted by atomic mass is 10.1. The van der Waals surface area contributed by atoms with Crippen molar-refractivity contribution in [1.29, 1.82) is 0 Å². The maximum absolute atomic E-state index is 11.8. The quantitative estimate of drug-likeness (QED) is 0.584. The topological polar surface area (TPSA) is 73.7 Å². The van der Waals surface area contributed by atoms with Gasteiger partial charge in [0.15, 0.2) is 0 Å². The molecule has 5 heteroatoms. The number of phenols is 1. The summed E-state index contributed by atoms with van der Waals surface area (Å²) in [6.45, 7) is 7.88. The molecule has 3 N–H and O–H groups in total. The number of carbonyl (C=O) groups is 1. The van der Waals surface area contributed by atoms with Crippen molar-refractivity contribution in [2.24, 2.45) is 5.10 Å². The highest BCUT2D eigenvalue weighted by Gasteiger charge is 2.03. The van der Waals surface area contributed by atoms with Crippen molar-refractivity contribution in [3.05, 3.63) is 58.1 Å². The summed E-state index contributed by atoms with van der Waals surface area (Å²) < 4.78 is 0. The van der Waals surface area contributed by atoms with E-state index in [1.165, 1.54) is 11.1 Å². The summed E-state index contributed by atoms with van der Waals surface area (Å²) in [5, 5.41) is 16.8. The number of aromatic hydroxyl groups is 1. The molecule has 0 radical (unpaired) electrons. The van der Waals surface area contributed by atoms with Crippen LogP contribution in [0.5, 0.6) is 5.75 Å². The van der Waals surface area contributed by atoms with Crippen LogP contribution in [-0.2, 0) is 4.79 Å². The molecular weight excluding hydrogens is 302 g/mol. The highest BCUT2D eigenvalue weighted by atomic mass is 16.3. The van der Waals surface area contributed by atoms with Crippen molar-refractivity contribution in [3.63, 3.8) is 0 Å². The van der Waals surface area contributed by atoms with Gasteiger partial charge >= 0.3 is 0 Å². The molecule has 0 heterocycles. The van der Waals surface area contributed by atoms with E-state index in [1.807, 2.05) is 58.0 Å². The Hall–Kier alpha value is -2.82. The third-order valence-electron chi connectivity index (χ3n) is 3.88. The molecule has 0 aliphatic heterocycles. The zero-order chi connectivity index (χ0) is 17.7. The molecule has 126 valence electrons. The fourth-order valence-corrected chi connectivity index (χ4v) is 2.32. The highest BCUT2D eigenvalue weighted by Crippen LogP contribution is 2.21. The molecule has 2 rings (SSSR count). The number of amides is 1. The Kier molecular flexibility index (Phi) is 5.58. The fourth-order valence-electron chi connectivity index (χ4n) is 2.32. The number of hydrogen-bond donors (Lipinski definition) is 3. The summed E-state index contributed by atoms with van der Waals surface area (Å²) in [5.41, 5.74) is 8.16. The van der Waals surface area contributed by atoms with Crippen LogP contribution in [0.25, 0.3) is 0 Å². The molecule has 2 aromatic rings. The van der Waals surface area contributed by atoms with E-state index in [4.69, 9.17) is 0 Å². The van der Waals surface area contributed by atoms with Gasteiger partial charge in [0, 0.05) is 5.69 Å². The molecule has 5 nitrogen and oxygen atoms in total. The fraction of sp³-hybridized carbons (Fsp3) is 0.263. The van der Waals surface area contributed by atoms with Crippen LogP contribution in [0.4, 0.5) is 5.69 Å². The zero-order valence-corrected chi connectivity index (χ0v) is 14.5. The van der Waals surface area contributed by atoms with Crippen LogP contribution >= 0.6 is 0 Å². The summed E-state index contributed by atoms with van der Waals surface area (Å²) in [6.07, 6.45) is 1.56. The van der Waals surface area contributed by atoms with Crippen molar-refractivity contribution >= 4 is 17.8 Å². The van der Waals surface area contributed by atoms with Gasteiger partial charge in [0.2, 0.25) is 0 Å². The Morgan fingerprint density at radius 1 is 1.04 bits per heavy atom. The van der Waals surface area contributed by atoms with Gasteiger partial charge in [0.25, 0.3) is 5.91 Å². The number of anilines is 1. The van der Waals surface area contributed by atoms with E-state index in [0.29, 0.717) is 0 Å². The largest absolute Gasteiger partial charge is 0.507 e. The first kappa shape index (κ1) is 17.5. The smallest absolute Gasteiger partial charge is 0.259 e. The molecule has 0 bridgehead atoms. The van der Waals surface area contributed by atoms with Crippen LogP contribution in [0.1, 0.15) is 27.8 Å². The van der Waals surface area contributed by atoms with Gasteiger partial charge in [-0.25, -0.2) is 5.43 Å². The lowest BCUT2D eigenvalue weighted by Gasteiger charge is -2.08. The van der Waals surface area contributed by atoms with Crippen molar-refractivity contribution in [3.8, 4) is 5.75 Å². The number of hydrogen-bond acceptors (Lipinski definition) is 4. The Morgan fingerprint density at radius 2 is 1.71 bits per heavy atom. The predicted octanol–water partition coefficient (Wildman–Crippen LogP) is 3.19.